The zero-order valence-electron chi connectivity index (χ0n) is 9.77. The zero-order valence-corrected chi connectivity index (χ0v) is 12.2. The van der Waals surface area contributed by atoms with Gasteiger partial charge in [0.15, 0.2) is 0 Å². The summed E-state index contributed by atoms with van der Waals surface area (Å²) in [7, 11) is -3.53. The molecule has 0 spiro atoms. The average Bonchev–Trinajstić information content (AvgIpc) is 3.07. The molecule has 0 bridgehead atoms. The van der Waals surface area contributed by atoms with Gasteiger partial charge in [-0.3, -0.25) is 0 Å². The monoisotopic (exact) mass is 329 g/mol. The topological polar surface area (TPSA) is 102 Å². The number of thiazole rings is 1. The maximum Gasteiger partial charge on any atom is 0.284 e. The number of hydrogen-bond donors (Lipinski definition) is 1. The van der Waals surface area contributed by atoms with Gasteiger partial charge in [-0.05, 0) is 24.4 Å². The van der Waals surface area contributed by atoms with Gasteiger partial charge in [0.05, 0.1) is 12.5 Å². The van der Waals surface area contributed by atoms with Crippen LogP contribution in [0.4, 0.5) is 0 Å². The van der Waals surface area contributed by atoms with E-state index in [0.717, 1.165) is 0 Å². The second-order valence-electron chi connectivity index (χ2n) is 3.73. The molecule has 0 atom stereocenters. The van der Waals surface area contributed by atoms with Crippen LogP contribution in [-0.4, -0.2) is 23.6 Å². The van der Waals surface area contributed by atoms with E-state index < -0.39 is 9.84 Å². The molecular formula is C10H7N3O4S3. The number of sulfone groups is 1. The molecule has 0 aromatic carbocycles. The highest BCUT2D eigenvalue weighted by atomic mass is 32.2. The Kier molecular flexibility index (Phi) is 3.28. The molecule has 0 radical (unpaired) electrons. The van der Waals surface area contributed by atoms with Gasteiger partial charge in [0.1, 0.15) is 15.6 Å². The quantitative estimate of drug-likeness (QED) is 0.733. The van der Waals surface area contributed by atoms with Crippen molar-refractivity contribution in [3.63, 3.8) is 0 Å². The number of H-pyrrole nitrogens is 1. The fourth-order valence-corrected chi connectivity index (χ4v) is 3.98. The van der Waals surface area contributed by atoms with Crippen LogP contribution in [0.1, 0.15) is 5.01 Å². The molecule has 3 heterocycles. The lowest BCUT2D eigenvalue weighted by Gasteiger charge is -1.96. The molecule has 0 saturated carbocycles. The molecule has 7 nitrogen and oxygen atoms in total. The number of aromatic amines is 1. The van der Waals surface area contributed by atoms with Gasteiger partial charge >= 0.3 is 0 Å². The van der Waals surface area contributed by atoms with E-state index in [4.69, 9.17) is 21.1 Å². The van der Waals surface area contributed by atoms with Crippen molar-refractivity contribution in [2.24, 2.45) is 0 Å². The van der Waals surface area contributed by atoms with E-state index in [-0.39, 0.29) is 21.6 Å². The Bertz CT molecular complexity index is 873. The van der Waals surface area contributed by atoms with Gasteiger partial charge < -0.3 is 8.83 Å². The first-order valence-electron chi connectivity index (χ1n) is 5.31. The summed E-state index contributed by atoms with van der Waals surface area (Å²) >= 11 is 5.94. The van der Waals surface area contributed by atoms with Gasteiger partial charge in [0.2, 0.25) is 14.9 Å². The minimum absolute atomic E-state index is 0.0773. The molecule has 0 amide bonds. The Morgan fingerprint density at radius 2 is 2.30 bits per heavy atom. The smallest absolute Gasteiger partial charge is 0.284 e. The SMILES string of the molecule is O=S(=O)(Cc1ncc(-c2n[nH]c(=S)o2)s1)c1ccco1. The third kappa shape index (κ3) is 2.57. The third-order valence-electron chi connectivity index (χ3n) is 2.32. The highest BCUT2D eigenvalue weighted by molar-refractivity contribution is 7.90. The van der Waals surface area contributed by atoms with Crippen LogP contribution in [0.2, 0.25) is 0 Å². The summed E-state index contributed by atoms with van der Waals surface area (Å²) in [4.78, 5) is 4.80. The van der Waals surface area contributed by atoms with Crippen molar-refractivity contribution < 1.29 is 17.3 Å². The van der Waals surface area contributed by atoms with Gasteiger partial charge in [-0.15, -0.1) is 16.4 Å². The van der Waals surface area contributed by atoms with Crippen molar-refractivity contribution in [2.45, 2.75) is 10.8 Å². The number of nitrogens with zero attached hydrogens (tertiary/aromatic N) is 2. The van der Waals surface area contributed by atoms with Gasteiger partial charge in [0, 0.05) is 0 Å². The molecule has 10 heteroatoms. The summed E-state index contributed by atoms with van der Waals surface area (Å²) in [5.74, 6) is 0.0465. The Morgan fingerprint density at radius 1 is 1.45 bits per heavy atom. The molecule has 104 valence electrons. The van der Waals surface area contributed by atoms with Crippen LogP contribution >= 0.6 is 23.6 Å². The van der Waals surface area contributed by atoms with E-state index in [1.807, 2.05) is 0 Å². The predicted molar refractivity (Wildman–Crippen MR) is 72.4 cm³/mol. The van der Waals surface area contributed by atoms with Crippen LogP contribution in [0.3, 0.4) is 0 Å². The molecular weight excluding hydrogens is 322 g/mol. The van der Waals surface area contributed by atoms with Crippen molar-refractivity contribution in [1.82, 2.24) is 15.2 Å². The van der Waals surface area contributed by atoms with Crippen LogP contribution in [0.25, 0.3) is 10.8 Å². The molecule has 3 aromatic rings. The predicted octanol–water partition coefficient (Wildman–Crippen LogP) is 2.42. The van der Waals surface area contributed by atoms with Gasteiger partial charge in [-0.1, -0.05) is 0 Å². The van der Waals surface area contributed by atoms with Crippen molar-refractivity contribution in [2.75, 3.05) is 0 Å². The largest absolute Gasteiger partial charge is 0.453 e. The fraction of sp³-hybridized carbons (Fsp3) is 0.100. The summed E-state index contributed by atoms with van der Waals surface area (Å²) in [6.45, 7) is 0. The molecule has 0 aliphatic heterocycles. The third-order valence-corrected chi connectivity index (χ3v) is 5.16. The summed E-state index contributed by atoms with van der Waals surface area (Å²) in [6, 6.07) is 2.92. The maximum absolute atomic E-state index is 12.0. The second kappa shape index (κ2) is 4.96. The molecule has 0 unspecified atom stereocenters. The minimum Gasteiger partial charge on any atom is -0.453 e. The molecule has 0 aliphatic carbocycles. The minimum atomic E-state index is -3.53. The molecule has 0 aliphatic rings. The van der Waals surface area contributed by atoms with Crippen molar-refractivity contribution in [3.8, 4) is 10.8 Å². The van der Waals surface area contributed by atoms with E-state index in [9.17, 15) is 8.42 Å². The van der Waals surface area contributed by atoms with E-state index in [0.29, 0.717) is 9.88 Å². The fourth-order valence-electron chi connectivity index (χ4n) is 1.49. The maximum atomic E-state index is 12.0. The Morgan fingerprint density at radius 3 is 2.95 bits per heavy atom. The second-order valence-corrected chi connectivity index (χ2v) is 7.13. The molecule has 20 heavy (non-hydrogen) atoms. The standard InChI is InChI=1S/C10H7N3O4S3/c14-20(15,8-2-1-3-16-8)5-7-11-4-6(19-7)9-12-13-10(18)17-9/h1-4H,5H2,(H,13,18). The summed E-state index contributed by atoms with van der Waals surface area (Å²) in [5.41, 5.74) is 0. The van der Waals surface area contributed by atoms with E-state index in [1.165, 1.54) is 35.9 Å². The number of aromatic nitrogens is 3. The number of hydrogen-bond acceptors (Lipinski definition) is 8. The average molecular weight is 329 g/mol. The van der Waals surface area contributed by atoms with Crippen LogP contribution in [0.15, 0.2) is 38.5 Å². The number of rotatable bonds is 4. The number of furan rings is 1. The molecule has 0 fully saturated rings. The first-order valence-corrected chi connectivity index (χ1v) is 8.19. The Hall–Kier alpha value is -1.78. The first kappa shape index (κ1) is 13.2. The van der Waals surface area contributed by atoms with Crippen molar-refractivity contribution in [3.05, 3.63) is 34.4 Å². The molecule has 0 saturated heterocycles. The lowest BCUT2D eigenvalue weighted by atomic mass is 10.6. The Balaban J connectivity index is 1.87. The molecule has 1 N–H and O–H groups in total. The normalized spacial score (nSPS) is 11.8. The van der Waals surface area contributed by atoms with Gasteiger partial charge in [0.25, 0.3) is 10.7 Å². The summed E-state index contributed by atoms with van der Waals surface area (Å²) < 4.78 is 34.1. The highest BCUT2D eigenvalue weighted by Crippen LogP contribution is 2.26. The van der Waals surface area contributed by atoms with Crippen LogP contribution in [0, 0.1) is 4.84 Å². The zero-order chi connectivity index (χ0) is 14.2. The summed E-state index contributed by atoms with van der Waals surface area (Å²) in [6.07, 6.45) is 2.81. The first-order chi connectivity index (χ1) is 9.54. The lowest BCUT2D eigenvalue weighted by Crippen LogP contribution is -2.03. The molecule has 3 rings (SSSR count). The lowest BCUT2D eigenvalue weighted by molar-refractivity contribution is 0.450. The van der Waals surface area contributed by atoms with E-state index in [2.05, 4.69) is 15.2 Å². The van der Waals surface area contributed by atoms with Gasteiger partial charge in [-0.25, -0.2) is 18.5 Å². The van der Waals surface area contributed by atoms with E-state index in [1.54, 1.807) is 0 Å². The molecule has 3 aromatic heterocycles. The highest BCUT2D eigenvalue weighted by Gasteiger charge is 2.21. The van der Waals surface area contributed by atoms with E-state index >= 15 is 0 Å². The van der Waals surface area contributed by atoms with Crippen LogP contribution in [0.5, 0.6) is 0 Å². The summed E-state index contributed by atoms with van der Waals surface area (Å²) in [5, 5.41) is 6.68. The van der Waals surface area contributed by atoms with Crippen molar-refractivity contribution in [1.29, 1.82) is 0 Å². The van der Waals surface area contributed by atoms with Gasteiger partial charge in [-0.2, -0.15) is 0 Å². The van der Waals surface area contributed by atoms with Crippen LogP contribution < -0.4 is 0 Å². The number of nitrogens with one attached hydrogen (secondary N) is 1. The van der Waals surface area contributed by atoms with Crippen molar-refractivity contribution >= 4 is 33.4 Å². The van der Waals surface area contributed by atoms with Crippen LogP contribution in [-0.2, 0) is 15.6 Å². The Labute approximate surface area is 122 Å².